The Labute approximate surface area is 206 Å². The molecular weight excluding hydrogens is 384 g/mol. The summed E-state index contributed by atoms with van der Waals surface area (Å²) in [7, 11) is 1.67. The molecule has 0 radical (unpaired) electrons. The number of nitrogens with one attached hydrogen (secondary N) is 1. The number of methoxy groups -OCH3 is 1. The van der Waals surface area contributed by atoms with Crippen molar-refractivity contribution in [3.63, 3.8) is 0 Å². The average molecular weight is 407 g/mol. The van der Waals surface area contributed by atoms with Crippen LogP contribution >= 0.6 is 0 Å². The van der Waals surface area contributed by atoms with Crippen molar-refractivity contribution in [2.24, 2.45) is 0 Å². The number of aromatic nitrogens is 3. The first-order valence-corrected chi connectivity index (χ1v) is 9.40. The molecule has 0 spiro atoms. The van der Waals surface area contributed by atoms with Crippen LogP contribution in [-0.4, -0.2) is 98.9 Å². The molecule has 2 heterocycles. The number of hydrogen-bond acceptors (Lipinski definition) is 5. The van der Waals surface area contributed by atoms with E-state index in [0.717, 1.165) is 34.5 Å². The minimum atomic E-state index is -1.30. The van der Waals surface area contributed by atoms with Gasteiger partial charge in [-0.1, -0.05) is 12.1 Å². The normalized spacial score (nSPS) is 11.5. The molecule has 0 amide bonds. The van der Waals surface area contributed by atoms with Crippen LogP contribution in [0.2, 0.25) is 0 Å². The maximum atomic E-state index is 12.7. The first-order valence-electron chi connectivity index (χ1n) is 8.08. The number of aromatic amines is 1. The van der Waals surface area contributed by atoms with E-state index in [1.54, 1.807) is 13.3 Å². The van der Waals surface area contributed by atoms with Gasteiger partial charge in [0.05, 0.1) is 23.3 Å². The van der Waals surface area contributed by atoms with Crippen molar-refractivity contribution in [1.82, 2.24) is 15.0 Å². The number of para-hydroxylation sites is 2. The molecule has 0 aliphatic heterocycles. The number of H-pyrrole nitrogens is 1. The third kappa shape index (κ3) is 6.73. The summed E-state index contributed by atoms with van der Waals surface area (Å²) < 4.78 is 23.5. The molecule has 1 N–H and O–H groups in total. The fraction of sp³-hybridized carbons (Fsp3) is 0.333. The third-order valence-electron chi connectivity index (χ3n) is 3.86. The van der Waals surface area contributed by atoms with Gasteiger partial charge in [0.25, 0.3) is 0 Å². The van der Waals surface area contributed by atoms with E-state index in [4.69, 9.17) is 9.47 Å². The van der Waals surface area contributed by atoms with Gasteiger partial charge in [0, 0.05) is 43.1 Å². The summed E-state index contributed by atoms with van der Waals surface area (Å²) in [5.41, 5.74) is 3.35. The van der Waals surface area contributed by atoms with Crippen LogP contribution in [0, 0.1) is 6.92 Å². The van der Waals surface area contributed by atoms with E-state index < -0.39 is 11.2 Å². The zero-order valence-electron chi connectivity index (χ0n) is 14.3. The summed E-state index contributed by atoms with van der Waals surface area (Å²) in [4.78, 5) is 11.9. The van der Waals surface area contributed by atoms with Crippen molar-refractivity contribution in [3.05, 3.63) is 47.8 Å². The predicted octanol–water partition coefficient (Wildman–Crippen LogP) is 1.69. The molecule has 0 saturated carbocycles. The SMILES string of the molecule is COCCCOc1ccnc(C[S+]([O-])c2nc3ccccc3[nH]2)c1C.[NaH].[NaH]. The zero-order chi connectivity index (χ0) is 17.6. The Morgan fingerprint density at radius 2 is 1.93 bits per heavy atom. The molecule has 6 nitrogen and oxygen atoms in total. The van der Waals surface area contributed by atoms with Crippen molar-refractivity contribution >= 4 is 81.3 Å². The second kappa shape index (κ2) is 12.5. The Balaban J connectivity index is 0.00000182. The molecule has 1 aromatic carbocycles. The quantitative estimate of drug-likeness (QED) is 0.349. The van der Waals surface area contributed by atoms with E-state index in [0.29, 0.717) is 24.1 Å². The fourth-order valence-electron chi connectivity index (χ4n) is 2.48. The molecule has 1 unspecified atom stereocenters. The van der Waals surface area contributed by atoms with Crippen LogP contribution in [-0.2, 0) is 21.7 Å². The number of hydrogen-bond donors (Lipinski definition) is 1. The van der Waals surface area contributed by atoms with Gasteiger partial charge in [0.1, 0.15) is 5.75 Å². The fourth-order valence-corrected chi connectivity index (χ4v) is 3.58. The number of benzene rings is 1. The van der Waals surface area contributed by atoms with E-state index in [9.17, 15) is 4.55 Å². The Hall–Kier alpha value is -0.0900. The summed E-state index contributed by atoms with van der Waals surface area (Å²) in [5.74, 6) is 1.06. The number of pyridine rings is 1. The van der Waals surface area contributed by atoms with Crippen LogP contribution in [0.5, 0.6) is 5.75 Å². The summed E-state index contributed by atoms with van der Waals surface area (Å²) >= 11 is -1.30. The molecule has 27 heavy (non-hydrogen) atoms. The Morgan fingerprint density at radius 1 is 1.15 bits per heavy atom. The van der Waals surface area contributed by atoms with E-state index >= 15 is 0 Å². The monoisotopic (exact) mass is 407 g/mol. The number of imidazole rings is 1. The first kappa shape index (κ1) is 24.9. The molecule has 136 valence electrons. The van der Waals surface area contributed by atoms with Crippen LogP contribution in [0.15, 0.2) is 41.7 Å². The van der Waals surface area contributed by atoms with Crippen LogP contribution in [0.1, 0.15) is 17.7 Å². The van der Waals surface area contributed by atoms with Crippen molar-refractivity contribution in [2.75, 3.05) is 20.3 Å². The average Bonchev–Trinajstić information content (AvgIpc) is 3.06. The first-order chi connectivity index (χ1) is 12.2. The molecule has 0 aliphatic rings. The van der Waals surface area contributed by atoms with Gasteiger partial charge in [0.15, 0.2) is 5.75 Å². The van der Waals surface area contributed by atoms with Gasteiger partial charge in [-0.25, -0.2) is 0 Å². The van der Waals surface area contributed by atoms with Crippen LogP contribution in [0.25, 0.3) is 11.0 Å². The van der Waals surface area contributed by atoms with Gasteiger partial charge in [-0.3, -0.25) is 9.97 Å². The molecule has 0 fully saturated rings. The number of nitrogens with zero attached hydrogens (tertiary/aromatic N) is 2. The van der Waals surface area contributed by atoms with E-state index in [1.807, 2.05) is 37.3 Å². The van der Waals surface area contributed by atoms with E-state index in [1.165, 1.54) is 0 Å². The van der Waals surface area contributed by atoms with Gasteiger partial charge in [-0.2, -0.15) is 4.98 Å². The predicted molar refractivity (Wildman–Crippen MR) is 111 cm³/mol. The standard InChI is InChI=1S/C18H21N3O3S.2Na.2H/c1-13-16(19-9-8-17(13)24-11-5-10-23-2)12-25(22)18-20-14-6-3-4-7-15(14)21-18;;;;/h3-4,6-9H,5,10-12H2,1-2H3,(H,20,21);;;;. The summed E-state index contributed by atoms with van der Waals surface area (Å²) in [6.45, 7) is 3.17. The number of fused-ring (bicyclic) bond motifs is 1. The van der Waals surface area contributed by atoms with Crippen LogP contribution in [0.3, 0.4) is 0 Å². The van der Waals surface area contributed by atoms with Crippen LogP contribution in [0.4, 0.5) is 0 Å². The summed E-state index contributed by atoms with van der Waals surface area (Å²) in [5, 5.41) is 0.466. The van der Waals surface area contributed by atoms with E-state index in [-0.39, 0.29) is 59.1 Å². The Bertz CT molecular complexity index is 815. The van der Waals surface area contributed by atoms with Crippen molar-refractivity contribution < 1.29 is 14.0 Å². The van der Waals surface area contributed by atoms with Crippen molar-refractivity contribution in [1.29, 1.82) is 0 Å². The van der Waals surface area contributed by atoms with Gasteiger partial charge in [-0.05, 0) is 25.1 Å². The molecule has 9 heteroatoms. The van der Waals surface area contributed by atoms with Crippen LogP contribution < -0.4 is 4.74 Å². The van der Waals surface area contributed by atoms with Gasteiger partial charge >= 0.3 is 64.3 Å². The molecule has 0 aliphatic carbocycles. The third-order valence-corrected chi connectivity index (χ3v) is 5.02. The Kier molecular flexibility index (Phi) is 11.5. The molecule has 0 saturated heterocycles. The maximum absolute atomic E-state index is 12.7. The molecule has 1 atom stereocenters. The number of rotatable bonds is 8. The molecule has 3 aromatic rings. The molecule has 0 bridgehead atoms. The van der Waals surface area contributed by atoms with E-state index in [2.05, 4.69) is 15.0 Å². The molecular formula is C18H23N3Na2O3S. The Morgan fingerprint density at radius 3 is 2.67 bits per heavy atom. The molecule has 3 rings (SSSR count). The van der Waals surface area contributed by atoms with Gasteiger partial charge in [0.2, 0.25) is 0 Å². The van der Waals surface area contributed by atoms with Gasteiger partial charge in [-0.15, -0.1) is 0 Å². The van der Waals surface area contributed by atoms with Crippen molar-refractivity contribution in [2.45, 2.75) is 24.3 Å². The van der Waals surface area contributed by atoms with Crippen molar-refractivity contribution in [3.8, 4) is 5.75 Å². The van der Waals surface area contributed by atoms with Gasteiger partial charge < -0.3 is 14.0 Å². The summed E-state index contributed by atoms with van der Waals surface area (Å²) in [6, 6.07) is 9.47. The zero-order valence-corrected chi connectivity index (χ0v) is 15.1. The summed E-state index contributed by atoms with van der Waals surface area (Å²) in [6.07, 6.45) is 2.50. The second-order valence-electron chi connectivity index (χ2n) is 5.62. The molecule has 2 aromatic heterocycles. The second-order valence-corrected chi connectivity index (χ2v) is 6.99. The number of ether oxygens (including phenoxy) is 2. The topological polar surface area (TPSA) is 83.1 Å². The minimum absolute atomic E-state index is 0.